The van der Waals surface area contributed by atoms with Gasteiger partial charge in [-0.15, -0.1) is 22.7 Å². The van der Waals surface area contributed by atoms with E-state index in [-0.39, 0.29) is 10.8 Å². The lowest BCUT2D eigenvalue weighted by molar-refractivity contribution is 0.467. The minimum atomic E-state index is -3.48. The van der Waals surface area contributed by atoms with Crippen LogP contribution in [0.25, 0.3) is 0 Å². The summed E-state index contributed by atoms with van der Waals surface area (Å²) in [6.07, 6.45) is 1.66. The van der Waals surface area contributed by atoms with E-state index >= 15 is 0 Å². The number of nitrogens with zero attached hydrogens (tertiary/aromatic N) is 2. The van der Waals surface area contributed by atoms with Crippen molar-refractivity contribution in [3.05, 3.63) is 32.6 Å². The molecule has 0 aromatic carbocycles. The molecule has 0 N–H and O–H groups in total. The van der Waals surface area contributed by atoms with E-state index in [1.54, 1.807) is 26.2 Å². The molecular weight excluding hydrogens is 312 g/mol. The lowest BCUT2D eigenvalue weighted by Gasteiger charge is -2.14. The Balaban J connectivity index is 2.25. The van der Waals surface area contributed by atoms with E-state index in [0.717, 1.165) is 21.9 Å². The normalized spacial score (nSPS) is 12.2. The molecule has 0 aliphatic rings. The van der Waals surface area contributed by atoms with Gasteiger partial charge in [0.15, 0.2) is 0 Å². The van der Waals surface area contributed by atoms with Crippen LogP contribution in [-0.2, 0) is 16.6 Å². The summed E-state index contributed by atoms with van der Waals surface area (Å²) < 4.78 is 26.6. The molecule has 0 amide bonds. The van der Waals surface area contributed by atoms with Crippen molar-refractivity contribution in [3.8, 4) is 0 Å². The van der Waals surface area contributed by atoms with Crippen LogP contribution in [0.2, 0.25) is 4.34 Å². The molecule has 0 radical (unpaired) electrons. The molecule has 0 saturated heterocycles. The van der Waals surface area contributed by atoms with Gasteiger partial charge in [0, 0.05) is 18.6 Å². The molecule has 0 saturated carbocycles. The first-order chi connectivity index (χ1) is 8.41. The molecule has 2 heterocycles. The number of hydrogen-bond acceptors (Lipinski definition) is 5. The molecule has 0 atom stereocenters. The maximum Gasteiger partial charge on any atom is 0.252 e. The highest BCUT2D eigenvalue weighted by Gasteiger charge is 2.24. The van der Waals surface area contributed by atoms with E-state index in [4.69, 9.17) is 11.6 Å². The zero-order valence-corrected chi connectivity index (χ0v) is 13.0. The van der Waals surface area contributed by atoms with Crippen LogP contribution in [0.1, 0.15) is 10.6 Å². The highest BCUT2D eigenvalue weighted by atomic mass is 35.5. The van der Waals surface area contributed by atoms with Gasteiger partial charge in [-0.3, -0.25) is 0 Å². The first-order valence-corrected chi connectivity index (χ1v) is 8.53. The lowest BCUT2D eigenvalue weighted by Crippen LogP contribution is -2.25. The van der Waals surface area contributed by atoms with Crippen LogP contribution in [0.5, 0.6) is 0 Å². The van der Waals surface area contributed by atoms with E-state index in [2.05, 4.69) is 4.98 Å². The summed E-state index contributed by atoms with van der Waals surface area (Å²) in [6.45, 7) is 2.06. The highest BCUT2D eigenvalue weighted by Crippen LogP contribution is 2.32. The van der Waals surface area contributed by atoms with Crippen LogP contribution in [0.15, 0.2) is 21.9 Å². The van der Waals surface area contributed by atoms with Crippen molar-refractivity contribution >= 4 is 44.3 Å². The smallest absolute Gasteiger partial charge is 0.248 e. The Hall–Kier alpha value is -0.470. The number of aromatic nitrogens is 1. The lowest BCUT2D eigenvalue weighted by atomic mass is 10.4. The van der Waals surface area contributed by atoms with Gasteiger partial charge in [0.05, 0.1) is 10.9 Å². The summed E-state index contributed by atoms with van der Waals surface area (Å²) >= 11 is 8.42. The standard InChI is InChI=1S/C10H11ClN2O2S3/c1-7-5-9(17-10(7)11)18(14,15)13(2)6-8-12-3-4-16-8/h3-5H,6H2,1-2H3. The summed E-state index contributed by atoms with van der Waals surface area (Å²) in [5.74, 6) is 0. The second-order valence-corrected chi connectivity index (χ2v) is 8.61. The Bertz CT molecular complexity index is 615. The van der Waals surface area contributed by atoms with Gasteiger partial charge in [0.1, 0.15) is 9.22 Å². The third kappa shape index (κ3) is 2.75. The van der Waals surface area contributed by atoms with Crippen LogP contribution in [-0.4, -0.2) is 24.8 Å². The Morgan fingerprint density at radius 1 is 1.50 bits per heavy atom. The fraction of sp³-hybridized carbons (Fsp3) is 0.300. The fourth-order valence-corrected chi connectivity index (χ4v) is 5.12. The molecule has 0 spiro atoms. The van der Waals surface area contributed by atoms with Crippen LogP contribution < -0.4 is 0 Å². The van der Waals surface area contributed by atoms with Gasteiger partial charge in [0.2, 0.25) is 0 Å². The molecule has 98 valence electrons. The number of thiophene rings is 1. The van der Waals surface area contributed by atoms with Gasteiger partial charge in [-0.1, -0.05) is 11.6 Å². The van der Waals surface area contributed by atoms with E-state index in [1.807, 2.05) is 5.38 Å². The maximum absolute atomic E-state index is 12.3. The molecule has 2 rings (SSSR count). The predicted molar refractivity (Wildman–Crippen MR) is 74.8 cm³/mol. The fourth-order valence-electron chi connectivity index (χ4n) is 1.32. The van der Waals surface area contributed by atoms with Crippen molar-refractivity contribution in [3.63, 3.8) is 0 Å². The van der Waals surface area contributed by atoms with Gasteiger partial charge in [-0.25, -0.2) is 13.4 Å². The average molecular weight is 323 g/mol. The minimum absolute atomic E-state index is 0.268. The van der Waals surface area contributed by atoms with E-state index < -0.39 is 10.0 Å². The molecule has 0 fully saturated rings. The van der Waals surface area contributed by atoms with Gasteiger partial charge in [0.25, 0.3) is 10.0 Å². The summed E-state index contributed by atoms with van der Waals surface area (Å²) in [5.41, 5.74) is 0.780. The largest absolute Gasteiger partial charge is 0.252 e. The first kappa shape index (κ1) is 14.0. The van der Waals surface area contributed by atoms with Crippen molar-refractivity contribution < 1.29 is 8.42 Å². The number of aryl methyl sites for hydroxylation is 1. The number of hydrogen-bond donors (Lipinski definition) is 0. The third-order valence-electron chi connectivity index (χ3n) is 2.34. The molecular formula is C10H11ClN2O2S3. The molecule has 4 nitrogen and oxygen atoms in total. The van der Waals surface area contributed by atoms with Crippen LogP contribution in [0, 0.1) is 6.92 Å². The minimum Gasteiger partial charge on any atom is -0.248 e. The quantitative estimate of drug-likeness (QED) is 0.869. The highest BCUT2D eigenvalue weighted by molar-refractivity contribution is 7.91. The summed E-state index contributed by atoms with van der Waals surface area (Å²) in [7, 11) is -1.94. The summed E-state index contributed by atoms with van der Waals surface area (Å²) in [6, 6.07) is 1.60. The predicted octanol–water partition coefficient (Wildman–Crippen LogP) is 2.99. The van der Waals surface area contributed by atoms with Gasteiger partial charge in [-0.05, 0) is 18.6 Å². The maximum atomic E-state index is 12.3. The van der Waals surface area contributed by atoms with E-state index in [1.165, 1.54) is 15.6 Å². The topological polar surface area (TPSA) is 50.3 Å². The number of rotatable bonds is 4. The zero-order valence-electron chi connectivity index (χ0n) is 9.75. The second-order valence-electron chi connectivity index (χ2n) is 3.71. The number of halogens is 1. The Labute approximate surface area is 119 Å². The molecule has 0 aliphatic heterocycles. The van der Waals surface area contributed by atoms with Crippen molar-refractivity contribution in [1.29, 1.82) is 0 Å². The van der Waals surface area contributed by atoms with Crippen LogP contribution in [0.3, 0.4) is 0 Å². The third-order valence-corrected chi connectivity index (χ3v) is 6.91. The monoisotopic (exact) mass is 322 g/mol. The van der Waals surface area contributed by atoms with Crippen molar-refractivity contribution in [2.75, 3.05) is 7.05 Å². The Morgan fingerprint density at radius 3 is 2.72 bits per heavy atom. The van der Waals surface area contributed by atoms with E-state index in [9.17, 15) is 8.42 Å². The number of sulfonamides is 1. The molecule has 2 aromatic heterocycles. The average Bonchev–Trinajstić information content (AvgIpc) is 2.90. The van der Waals surface area contributed by atoms with Crippen molar-refractivity contribution in [1.82, 2.24) is 9.29 Å². The molecule has 8 heteroatoms. The van der Waals surface area contributed by atoms with Crippen molar-refractivity contribution in [2.24, 2.45) is 0 Å². The van der Waals surface area contributed by atoms with Crippen LogP contribution in [0.4, 0.5) is 0 Å². The summed E-state index contributed by atoms with van der Waals surface area (Å²) in [4.78, 5) is 4.08. The SMILES string of the molecule is Cc1cc(S(=O)(=O)N(C)Cc2nccs2)sc1Cl. The molecule has 0 aliphatic carbocycles. The van der Waals surface area contributed by atoms with Gasteiger partial charge >= 0.3 is 0 Å². The summed E-state index contributed by atoms with van der Waals surface area (Å²) in [5, 5.41) is 2.59. The zero-order chi connectivity index (χ0) is 13.3. The molecule has 2 aromatic rings. The first-order valence-electron chi connectivity index (χ1n) is 5.02. The molecule has 0 unspecified atom stereocenters. The van der Waals surface area contributed by atoms with Gasteiger partial charge < -0.3 is 0 Å². The second kappa shape index (κ2) is 5.26. The molecule has 0 bridgehead atoms. The van der Waals surface area contributed by atoms with Crippen LogP contribution >= 0.6 is 34.3 Å². The molecule has 18 heavy (non-hydrogen) atoms. The van der Waals surface area contributed by atoms with Gasteiger partial charge in [-0.2, -0.15) is 4.31 Å². The number of thiazole rings is 1. The van der Waals surface area contributed by atoms with E-state index in [0.29, 0.717) is 4.34 Å². The van der Waals surface area contributed by atoms with Crippen molar-refractivity contribution in [2.45, 2.75) is 17.7 Å². The Kier molecular flexibility index (Phi) is 4.08. The Morgan fingerprint density at radius 2 is 2.22 bits per heavy atom.